The molecule has 0 fully saturated rings. The van der Waals surface area contributed by atoms with Gasteiger partial charge in [-0.3, -0.25) is 4.79 Å². The predicted octanol–water partition coefficient (Wildman–Crippen LogP) is 1.98. The van der Waals surface area contributed by atoms with E-state index in [2.05, 4.69) is 0 Å². The third-order valence-corrected chi connectivity index (χ3v) is 3.37. The number of benzene rings is 1. The molecule has 0 heterocycles. The summed E-state index contributed by atoms with van der Waals surface area (Å²) in [6, 6.07) is 5.04. The number of hydrogen-bond donors (Lipinski definition) is 2. The highest BCUT2D eigenvalue weighted by Crippen LogP contribution is 2.29. The van der Waals surface area contributed by atoms with Gasteiger partial charge in [-0.25, -0.2) is 0 Å². The van der Waals surface area contributed by atoms with E-state index in [1.54, 1.807) is 23.1 Å². The molecule has 0 radical (unpaired) electrons. The summed E-state index contributed by atoms with van der Waals surface area (Å²) in [5.41, 5.74) is 0.692. The second-order valence-corrected chi connectivity index (χ2v) is 5.52. The van der Waals surface area contributed by atoms with E-state index in [0.717, 1.165) is 0 Å². The maximum atomic E-state index is 12.9. The van der Waals surface area contributed by atoms with Gasteiger partial charge in [0, 0.05) is 12.1 Å². The van der Waals surface area contributed by atoms with E-state index in [0.29, 0.717) is 16.9 Å². The molecule has 1 aromatic rings. The molecule has 0 aliphatic rings. The lowest BCUT2D eigenvalue weighted by molar-refractivity contribution is 0.0620. The van der Waals surface area contributed by atoms with Crippen LogP contribution < -0.4 is 4.74 Å². The fraction of sp³-hybridized carbons (Fsp3) is 0.562. The Morgan fingerprint density at radius 1 is 1.24 bits per heavy atom. The Morgan fingerprint density at radius 3 is 2.24 bits per heavy atom. The number of carbonyl (C=O) groups is 1. The minimum Gasteiger partial charge on any atom is -0.496 e. The molecule has 2 N–H and O–H groups in total. The van der Waals surface area contributed by atoms with Gasteiger partial charge < -0.3 is 19.8 Å². The molecular formula is C16H25NO4. The van der Waals surface area contributed by atoms with Gasteiger partial charge in [0.2, 0.25) is 0 Å². The van der Waals surface area contributed by atoms with Crippen LogP contribution in [0.5, 0.6) is 5.75 Å². The summed E-state index contributed by atoms with van der Waals surface area (Å²) in [4.78, 5) is 14.6. The molecule has 0 aromatic heterocycles. The lowest BCUT2D eigenvalue weighted by atomic mass is 9.99. The van der Waals surface area contributed by atoms with E-state index in [9.17, 15) is 15.0 Å². The number of methoxy groups -OCH3 is 1. The molecule has 1 amide bonds. The minimum absolute atomic E-state index is 0.0153. The van der Waals surface area contributed by atoms with Crippen LogP contribution in [0.1, 0.15) is 49.7 Å². The SMILES string of the molecule is COc1cccc([C@H](O)CO)c1C(=O)N(C(C)C)C(C)C. The fourth-order valence-corrected chi connectivity index (χ4v) is 2.52. The molecule has 0 aliphatic heterocycles. The number of amides is 1. The molecule has 5 heteroatoms. The Balaban J connectivity index is 3.41. The van der Waals surface area contributed by atoms with Crippen molar-refractivity contribution in [2.45, 2.75) is 45.9 Å². The fourth-order valence-electron chi connectivity index (χ4n) is 2.52. The maximum Gasteiger partial charge on any atom is 0.258 e. The molecule has 0 saturated carbocycles. The van der Waals surface area contributed by atoms with Gasteiger partial charge >= 0.3 is 0 Å². The van der Waals surface area contributed by atoms with Crippen molar-refractivity contribution in [3.05, 3.63) is 29.3 Å². The first-order chi connectivity index (χ1) is 9.84. The summed E-state index contributed by atoms with van der Waals surface area (Å²) in [6.07, 6.45) is -1.11. The quantitative estimate of drug-likeness (QED) is 0.842. The summed E-state index contributed by atoms with van der Waals surface area (Å²) < 4.78 is 5.27. The molecule has 5 nitrogen and oxygen atoms in total. The third kappa shape index (κ3) is 3.74. The van der Waals surface area contributed by atoms with Crippen molar-refractivity contribution >= 4 is 5.91 Å². The molecule has 1 rings (SSSR count). The van der Waals surface area contributed by atoms with Crippen molar-refractivity contribution in [2.75, 3.05) is 13.7 Å². The molecule has 118 valence electrons. The highest BCUT2D eigenvalue weighted by molar-refractivity contribution is 5.99. The second-order valence-electron chi connectivity index (χ2n) is 5.52. The van der Waals surface area contributed by atoms with Gasteiger partial charge in [0.05, 0.1) is 19.3 Å². The topological polar surface area (TPSA) is 70.0 Å². The Labute approximate surface area is 126 Å². The Kier molecular flexibility index (Phi) is 6.18. The molecule has 21 heavy (non-hydrogen) atoms. The van der Waals surface area contributed by atoms with Crippen LogP contribution in [-0.4, -0.2) is 46.8 Å². The Morgan fingerprint density at radius 2 is 1.81 bits per heavy atom. The van der Waals surface area contributed by atoms with Crippen molar-refractivity contribution in [2.24, 2.45) is 0 Å². The second kappa shape index (κ2) is 7.43. The van der Waals surface area contributed by atoms with E-state index in [1.165, 1.54) is 7.11 Å². The molecule has 0 unspecified atom stereocenters. The minimum atomic E-state index is -1.11. The summed E-state index contributed by atoms with van der Waals surface area (Å²) in [5.74, 6) is 0.191. The molecule has 0 aliphatic carbocycles. The average Bonchev–Trinajstić information content (AvgIpc) is 2.44. The maximum absolute atomic E-state index is 12.9. The van der Waals surface area contributed by atoms with Crippen LogP contribution in [0.2, 0.25) is 0 Å². The number of hydrogen-bond acceptors (Lipinski definition) is 4. The molecule has 1 aromatic carbocycles. The van der Waals surface area contributed by atoms with Crippen LogP contribution in [-0.2, 0) is 0 Å². The summed E-state index contributed by atoms with van der Waals surface area (Å²) in [6.45, 7) is 7.31. The summed E-state index contributed by atoms with van der Waals surface area (Å²) >= 11 is 0. The number of ether oxygens (including phenoxy) is 1. The monoisotopic (exact) mass is 295 g/mol. The van der Waals surface area contributed by atoms with Crippen LogP contribution in [0.25, 0.3) is 0 Å². The largest absolute Gasteiger partial charge is 0.496 e. The smallest absolute Gasteiger partial charge is 0.258 e. The Hall–Kier alpha value is -1.59. The van der Waals surface area contributed by atoms with Gasteiger partial charge in [0.15, 0.2) is 0 Å². The molecule has 0 bridgehead atoms. The molecule has 1 atom stereocenters. The predicted molar refractivity (Wildman–Crippen MR) is 81.5 cm³/mol. The highest BCUT2D eigenvalue weighted by atomic mass is 16.5. The van der Waals surface area contributed by atoms with Crippen molar-refractivity contribution in [1.29, 1.82) is 0 Å². The molecular weight excluding hydrogens is 270 g/mol. The number of aliphatic hydroxyl groups excluding tert-OH is 2. The van der Waals surface area contributed by atoms with Gasteiger partial charge in [-0.1, -0.05) is 12.1 Å². The molecule has 0 spiro atoms. The summed E-state index contributed by atoms with van der Waals surface area (Å²) in [5, 5.41) is 19.2. The van der Waals surface area contributed by atoms with Crippen molar-refractivity contribution in [1.82, 2.24) is 4.90 Å². The van der Waals surface area contributed by atoms with Crippen LogP contribution >= 0.6 is 0 Å². The zero-order chi connectivity index (χ0) is 16.2. The third-order valence-electron chi connectivity index (χ3n) is 3.37. The van der Waals surface area contributed by atoms with Crippen molar-refractivity contribution in [3.63, 3.8) is 0 Å². The zero-order valence-corrected chi connectivity index (χ0v) is 13.3. The van der Waals surface area contributed by atoms with E-state index in [-0.39, 0.29) is 18.0 Å². The van der Waals surface area contributed by atoms with E-state index in [4.69, 9.17) is 4.74 Å². The number of carbonyl (C=O) groups excluding carboxylic acids is 1. The first kappa shape index (κ1) is 17.5. The lowest BCUT2D eigenvalue weighted by Gasteiger charge is -2.32. The van der Waals surface area contributed by atoms with Crippen LogP contribution in [0.15, 0.2) is 18.2 Å². The number of aliphatic hydroxyl groups is 2. The van der Waals surface area contributed by atoms with E-state index >= 15 is 0 Å². The van der Waals surface area contributed by atoms with Crippen LogP contribution in [0.3, 0.4) is 0 Å². The zero-order valence-electron chi connectivity index (χ0n) is 13.3. The van der Waals surface area contributed by atoms with Gasteiger partial charge in [0.25, 0.3) is 5.91 Å². The standard InChI is InChI=1S/C16H25NO4/c1-10(2)17(11(3)4)16(20)15-12(13(19)9-18)7-6-8-14(15)21-5/h6-8,10-11,13,18-19H,9H2,1-5H3/t13-/m1/s1. The lowest BCUT2D eigenvalue weighted by Crippen LogP contribution is -2.42. The van der Waals surface area contributed by atoms with Crippen molar-refractivity contribution < 1.29 is 19.7 Å². The molecule has 0 saturated heterocycles. The Bertz CT molecular complexity index is 477. The number of nitrogens with zero attached hydrogens (tertiary/aromatic N) is 1. The van der Waals surface area contributed by atoms with E-state index in [1.807, 2.05) is 27.7 Å². The first-order valence-electron chi connectivity index (χ1n) is 7.13. The van der Waals surface area contributed by atoms with Gasteiger partial charge in [-0.05, 0) is 39.3 Å². The van der Waals surface area contributed by atoms with Gasteiger partial charge in [0.1, 0.15) is 11.9 Å². The van der Waals surface area contributed by atoms with Gasteiger partial charge in [-0.15, -0.1) is 0 Å². The van der Waals surface area contributed by atoms with Gasteiger partial charge in [-0.2, -0.15) is 0 Å². The first-order valence-corrected chi connectivity index (χ1v) is 7.13. The summed E-state index contributed by atoms with van der Waals surface area (Å²) in [7, 11) is 1.48. The van der Waals surface area contributed by atoms with Crippen molar-refractivity contribution in [3.8, 4) is 5.75 Å². The van der Waals surface area contributed by atoms with Crippen LogP contribution in [0, 0.1) is 0 Å². The van der Waals surface area contributed by atoms with E-state index < -0.39 is 12.7 Å². The van der Waals surface area contributed by atoms with Crippen LogP contribution in [0.4, 0.5) is 0 Å². The average molecular weight is 295 g/mol. The number of rotatable bonds is 6. The normalized spacial score (nSPS) is 12.6. The highest BCUT2D eigenvalue weighted by Gasteiger charge is 2.28.